The van der Waals surface area contributed by atoms with Crippen molar-refractivity contribution in [3.8, 4) is 5.88 Å². The molecule has 1 N–H and O–H groups in total. The second-order valence-corrected chi connectivity index (χ2v) is 5.52. The van der Waals surface area contributed by atoms with Crippen molar-refractivity contribution in [1.82, 2.24) is 9.97 Å². The highest BCUT2D eigenvalue weighted by atomic mass is 16.5. The highest BCUT2D eigenvalue weighted by Crippen LogP contribution is 2.27. The van der Waals surface area contributed by atoms with E-state index in [4.69, 9.17) is 4.74 Å². The van der Waals surface area contributed by atoms with Gasteiger partial charge in [-0.1, -0.05) is 26.2 Å². The summed E-state index contributed by atoms with van der Waals surface area (Å²) in [6.45, 7) is 5.14. The average Bonchev–Trinajstić information content (AvgIpc) is 2.71. The molecule has 112 valence electrons. The van der Waals surface area contributed by atoms with E-state index in [-0.39, 0.29) is 0 Å². The van der Waals surface area contributed by atoms with Crippen LogP contribution in [0, 0.1) is 0 Å². The highest BCUT2D eigenvalue weighted by molar-refractivity contribution is 5.48. The van der Waals surface area contributed by atoms with Crippen LogP contribution < -0.4 is 10.1 Å². The third-order valence-corrected chi connectivity index (χ3v) is 3.83. The van der Waals surface area contributed by atoms with E-state index >= 15 is 0 Å². The lowest BCUT2D eigenvalue weighted by Crippen LogP contribution is -2.18. The Balaban J connectivity index is 2.13. The summed E-state index contributed by atoms with van der Waals surface area (Å²) in [5.74, 6) is 1.73. The Kier molecular flexibility index (Phi) is 6.09. The molecular formula is C16H27N3O. The normalized spacial score (nSPS) is 16.7. The first-order valence-electron chi connectivity index (χ1n) is 8.09. The van der Waals surface area contributed by atoms with Gasteiger partial charge in [-0.15, -0.1) is 0 Å². The summed E-state index contributed by atoms with van der Waals surface area (Å²) in [5, 5.41) is 3.32. The zero-order valence-electron chi connectivity index (χ0n) is 12.8. The Bertz CT molecular complexity index is 401. The lowest BCUT2D eigenvalue weighted by molar-refractivity contribution is 0.174. The monoisotopic (exact) mass is 277 g/mol. The topological polar surface area (TPSA) is 47.0 Å². The molecule has 1 saturated carbocycles. The van der Waals surface area contributed by atoms with Crippen LogP contribution in [-0.2, 0) is 6.42 Å². The maximum absolute atomic E-state index is 6.21. The van der Waals surface area contributed by atoms with Gasteiger partial charge in [-0.25, -0.2) is 9.97 Å². The molecule has 0 aromatic carbocycles. The Morgan fingerprint density at radius 2 is 1.90 bits per heavy atom. The molecule has 2 rings (SSSR count). The number of rotatable bonds is 6. The number of ether oxygens (including phenoxy) is 1. The van der Waals surface area contributed by atoms with E-state index in [1.807, 2.05) is 0 Å². The molecule has 0 aliphatic heterocycles. The molecule has 0 radical (unpaired) electrons. The third kappa shape index (κ3) is 4.09. The van der Waals surface area contributed by atoms with E-state index in [1.54, 1.807) is 6.33 Å². The summed E-state index contributed by atoms with van der Waals surface area (Å²) < 4.78 is 6.21. The van der Waals surface area contributed by atoms with Crippen molar-refractivity contribution < 1.29 is 4.74 Å². The molecule has 0 unspecified atom stereocenters. The molecule has 20 heavy (non-hydrogen) atoms. The predicted octanol–water partition coefficient (Wildman–Crippen LogP) is 3.96. The molecule has 1 aliphatic carbocycles. The van der Waals surface area contributed by atoms with Gasteiger partial charge >= 0.3 is 0 Å². The molecule has 0 amide bonds. The van der Waals surface area contributed by atoms with Gasteiger partial charge in [0.2, 0.25) is 5.88 Å². The second kappa shape index (κ2) is 8.08. The number of nitrogens with one attached hydrogen (secondary N) is 1. The van der Waals surface area contributed by atoms with E-state index in [1.165, 1.54) is 25.7 Å². The first kappa shape index (κ1) is 15.1. The molecule has 1 fully saturated rings. The predicted molar refractivity (Wildman–Crippen MR) is 82.3 cm³/mol. The summed E-state index contributed by atoms with van der Waals surface area (Å²) >= 11 is 0. The molecule has 1 aromatic heterocycles. The number of hydrogen-bond acceptors (Lipinski definition) is 4. The first-order valence-corrected chi connectivity index (χ1v) is 8.09. The molecule has 0 saturated heterocycles. The van der Waals surface area contributed by atoms with Crippen molar-refractivity contribution in [1.29, 1.82) is 0 Å². The Labute approximate surface area is 122 Å². The smallest absolute Gasteiger partial charge is 0.222 e. The van der Waals surface area contributed by atoms with Crippen LogP contribution in [0.15, 0.2) is 6.33 Å². The van der Waals surface area contributed by atoms with Gasteiger partial charge in [-0.2, -0.15) is 0 Å². The van der Waals surface area contributed by atoms with E-state index in [2.05, 4.69) is 29.1 Å². The van der Waals surface area contributed by atoms with E-state index in [0.717, 1.165) is 49.5 Å². The van der Waals surface area contributed by atoms with Crippen LogP contribution in [0.2, 0.25) is 0 Å². The summed E-state index contributed by atoms with van der Waals surface area (Å²) in [4.78, 5) is 8.75. The van der Waals surface area contributed by atoms with Crippen LogP contribution in [0.5, 0.6) is 5.88 Å². The van der Waals surface area contributed by atoms with Crippen LogP contribution in [0.25, 0.3) is 0 Å². The quantitative estimate of drug-likeness (QED) is 0.799. The maximum atomic E-state index is 6.21. The number of aromatic nitrogens is 2. The molecule has 0 spiro atoms. The van der Waals surface area contributed by atoms with Gasteiger partial charge in [0.05, 0.1) is 5.56 Å². The van der Waals surface area contributed by atoms with Crippen LogP contribution in [-0.4, -0.2) is 22.6 Å². The molecule has 1 aromatic rings. The molecule has 4 heteroatoms. The van der Waals surface area contributed by atoms with Gasteiger partial charge in [0.25, 0.3) is 0 Å². The van der Waals surface area contributed by atoms with Crippen molar-refractivity contribution in [3.05, 3.63) is 11.9 Å². The van der Waals surface area contributed by atoms with Gasteiger partial charge < -0.3 is 10.1 Å². The highest BCUT2D eigenvalue weighted by Gasteiger charge is 2.18. The van der Waals surface area contributed by atoms with Crippen molar-refractivity contribution >= 4 is 5.82 Å². The van der Waals surface area contributed by atoms with E-state index in [9.17, 15) is 0 Å². The SMILES string of the molecule is CCCc1c(NCC)ncnc1OC1CCCCCC1. The standard InChI is InChI=1S/C16H27N3O/c1-3-9-14-15(17-4-2)18-12-19-16(14)20-13-10-7-5-6-8-11-13/h12-13H,3-11H2,1-2H3,(H,17,18,19). The van der Waals surface area contributed by atoms with Gasteiger partial charge in [0.15, 0.2) is 0 Å². The fourth-order valence-corrected chi connectivity index (χ4v) is 2.81. The largest absolute Gasteiger partial charge is 0.474 e. The fourth-order valence-electron chi connectivity index (χ4n) is 2.81. The first-order chi connectivity index (χ1) is 9.85. The van der Waals surface area contributed by atoms with E-state index in [0.29, 0.717) is 6.10 Å². The van der Waals surface area contributed by atoms with Crippen molar-refractivity contribution in [2.24, 2.45) is 0 Å². The van der Waals surface area contributed by atoms with Crippen LogP contribution in [0.1, 0.15) is 64.4 Å². The van der Waals surface area contributed by atoms with Crippen molar-refractivity contribution in [2.45, 2.75) is 71.3 Å². The molecule has 0 bridgehead atoms. The minimum Gasteiger partial charge on any atom is -0.474 e. The van der Waals surface area contributed by atoms with Crippen LogP contribution in [0.4, 0.5) is 5.82 Å². The number of anilines is 1. The zero-order chi connectivity index (χ0) is 14.2. The van der Waals surface area contributed by atoms with Crippen LogP contribution in [0.3, 0.4) is 0 Å². The van der Waals surface area contributed by atoms with Crippen LogP contribution >= 0.6 is 0 Å². The number of nitrogens with zero attached hydrogens (tertiary/aromatic N) is 2. The second-order valence-electron chi connectivity index (χ2n) is 5.52. The lowest BCUT2D eigenvalue weighted by Gasteiger charge is -2.19. The third-order valence-electron chi connectivity index (χ3n) is 3.83. The molecular weight excluding hydrogens is 250 g/mol. The summed E-state index contributed by atoms with van der Waals surface area (Å²) in [6, 6.07) is 0. The lowest BCUT2D eigenvalue weighted by atomic mass is 10.1. The van der Waals surface area contributed by atoms with E-state index < -0.39 is 0 Å². The summed E-state index contributed by atoms with van der Waals surface area (Å²) in [6.07, 6.45) is 11.5. The molecule has 1 aliphatic rings. The van der Waals surface area contributed by atoms with Crippen molar-refractivity contribution in [2.75, 3.05) is 11.9 Å². The number of hydrogen-bond donors (Lipinski definition) is 1. The minimum absolute atomic E-state index is 0.331. The van der Waals surface area contributed by atoms with Gasteiger partial charge in [-0.3, -0.25) is 0 Å². The Morgan fingerprint density at radius 1 is 1.15 bits per heavy atom. The molecule has 1 heterocycles. The Morgan fingerprint density at radius 3 is 2.55 bits per heavy atom. The fraction of sp³-hybridized carbons (Fsp3) is 0.750. The Hall–Kier alpha value is -1.32. The maximum Gasteiger partial charge on any atom is 0.222 e. The van der Waals surface area contributed by atoms with Gasteiger partial charge in [0, 0.05) is 6.54 Å². The van der Waals surface area contributed by atoms with Gasteiger partial charge in [-0.05, 0) is 39.0 Å². The molecule has 4 nitrogen and oxygen atoms in total. The minimum atomic E-state index is 0.331. The average molecular weight is 277 g/mol. The summed E-state index contributed by atoms with van der Waals surface area (Å²) in [7, 11) is 0. The van der Waals surface area contributed by atoms with Crippen molar-refractivity contribution in [3.63, 3.8) is 0 Å². The summed E-state index contributed by atoms with van der Waals surface area (Å²) in [5.41, 5.74) is 1.14. The zero-order valence-corrected chi connectivity index (χ0v) is 12.8. The van der Waals surface area contributed by atoms with Gasteiger partial charge in [0.1, 0.15) is 18.2 Å². The molecule has 0 atom stereocenters.